The molecule has 19 heavy (non-hydrogen) atoms. The van der Waals surface area contributed by atoms with E-state index >= 15 is 0 Å². The molecule has 0 spiro atoms. The molecule has 0 atom stereocenters. The minimum atomic E-state index is 0.470. The highest BCUT2D eigenvalue weighted by molar-refractivity contribution is 7.23. The Morgan fingerprint density at radius 2 is 1.74 bits per heavy atom. The van der Waals surface area contributed by atoms with Gasteiger partial charge in [-0.3, -0.25) is 0 Å². The van der Waals surface area contributed by atoms with Crippen LogP contribution in [0, 0.1) is 0 Å². The van der Waals surface area contributed by atoms with E-state index in [-0.39, 0.29) is 0 Å². The van der Waals surface area contributed by atoms with Crippen molar-refractivity contribution in [3.8, 4) is 16.2 Å². The summed E-state index contributed by atoms with van der Waals surface area (Å²) < 4.78 is 6.23. The quantitative estimate of drug-likeness (QED) is 0.574. The van der Waals surface area contributed by atoms with Crippen LogP contribution in [0.15, 0.2) is 42.5 Å². The molecule has 0 aliphatic rings. The van der Waals surface area contributed by atoms with Gasteiger partial charge < -0.3 is 4.74 Å². The molecule has 2 aromatic carbocycles. The highest BCUT2D eigenvalue weighted by Crippen LogP contribution is 2.44. The van der Waals surface area contributed by atoms with Gasteiger partial charge in [0.25, 0.3) is 0 Å². The fourth-order valence-corrected chi connectivity index (χ4v) is 3.68. The molecule has 0 saturated carbocycles. The third-order valence-electron chi connectivity index (χ3n) is 2.93. The number of benzene rings is 2. The molecule has 4 heteroatoms. The topological polar surface area (TPSA) is 9.23 Å². The lowest BCUT2D eigenvalue weighted by Gasteiger charge is -2.04. The molecule has 96 valence electrons. The summed E-state index contributed by atoms with van der Waals surface area (Å²) in [5, 5.41) is 2.08. The number of rotatable bonds is 2. The zero-order valence-electron chi connectivity index (χ0n) is 10.1. The third-order valence-corrected chi connectivity index (χ3v) is 5.11. The van der Waals surface area contributed by atoms with Crippen molar-refractivity contribution in [2.75, 3.05) is 7.11 Å². The number of thiophene rings is 1. The summed E-state index contributed by atoms with van der Waals surface area (Å²) in [7, 11) is 1.59. The zero-order valence-corrected chi connectivity index (χ0v) is 12.4. The Morgan fingerprint density at radius 1 is 1.00 bits per heavy atom. The third kappa shape index (κ3) is 2.20. The van der Waals surface area contributed by atoms with Crippen molar-refractivity contribution in [1.29, 1.82) is 0 Å². The second kappa shape index (κ2) is 5.04. The molecule has 0 fully saturated rings. The lowest BCUT2D eigenvalue weighted by molar-refractivity contribution is 0.415. The summed E-state index contributed by atoms with van der Waals surface area (Å²) in [5.74, 6) is 0.608. The van der Waals surface area contributed by atoms with E-state index in [1.165, 1.54) is 10.4 Å². The van der Waals surface area contributed by atoms with Crippen LogP contribution in [0.3, 0.4) is 0 Å². The van der Waals surface area contributed by atoms with Gasteiger partial charge in [0.1, 0.15) is 10.8 Å². The predicted octanol–water partition coefficient (Wildman–Crippen LogP) is 5.88. The van der Waals surface area contributed by atoms with Crippen LogP contribution in [0.5, 0.6) is 5.75 Å². The largest absolute Gasteiger partial charge is 0.495 e. The monoisotopic (exact) mass is 308 g/mol. The fourth-order valence-electron chi connectivity index (χ4n) is 1.99. The highest BCUT2D eigenvalue weighted by atomic mass is 35.5. The average molecular weight is 309 g/mol. The first-order valence-corrected chi connectivity index (χ1v) is 7.29. The SMILES string of the molecule is COc1cc2cc(-c3ccccc3)sc2c(Cl)c1Cl. The van der Waals surface area contributed by atoms with Gasteiger partial charge >= 0.3 is 0 Å². The molecule has 0 N–H and O–H groups in total. The molecule has 0 radical (unpaired) electrons. The van der Waals surface area contributed by atoms with Crippen molar-refractivity contribution in [2.45, 2.75) is 0 Å². The molecule has 1 heterocycles. The molecular weight excluding hydrogens is 299 g/mol. The smallest absolute Gasteiger partial charge is 0.139 e. The number of hydrogen-bond donors (Lipinski definition) is 0. The van der Waals surface area contributed by atoms with Crippen LogP contribution in [-0.2, 0) is 0 Å². The molecule has 0 unspecified atom stereocenters. The van der Waals surface area contributed by atoms with E-state index in [1.54, 1.807) is 18.4 Å². The molecular formula is C15H10Cl2OS. The molecule has 0 aliphatic heterocycles. The zero-order chi connectivity index (χ0) is 13.4. The summed E-state index contributed by atoms with van der Waals surface area (Å²) in [6.45, 7) is 0. The van der Waals surface area contributed by atoms with Crippen LogP contribution in [-0.4, -0.2) is 7.11 Å². The van der Waals surface area contributed by atoms with Crippen molar-refractivity contribution < 1.29 is 4.74 Å². The molecule has 0 aliphatic carbocycles. The number of halogens is 2. The van der Waals surface area contributed by atoms with Gasteiger partial charge in [0.15, 0.2) is 0 Å². The molecule has 3 aromatic rings. The molecule has 0 amide bonds. The van der Waals surface area contributed by atoms with E-state index in [4.69, 9.17) is 27.9 Å². The maximum absolute atomic E-state index is 6.31. The van der Waals surface area contributed by atoms with Crippen LogP contribution < -0.4 is 4.74 Å². The first-order valence-electron chi connectivity index (χ1n) is 5.71. The van der Waals surface area contributed by atoms with Gasteiger partial charge in [-0.05, 0) is 23.1 Å². The van der Waals surface area contributed by atoms with Crippen molar-refractivity contribution >= 4 is 44.6 Å². The Kier molecular flexibility index (Phi) is 3.40. The standard InChI is InChI=1S/C15H10Cl2OS/c1-18-11-7-10-8-12(9-5-3-2-4-6-9)19-15(10)14(17)13(11)16/h2-8H,1H3. The van der Waals surface area contributed by atoms with E-state index in [9.17, 15) is 0 Å². The molecule has 0 saturated heterocycles. The van der Waals surface area contributed by atoms with E-state index in [2.05, 4.69) is 18.2 Å². The summed E-state index contributed by atoms with van der Waals surface area (Å²) >= 11 is 14.1. The lowest BCUT2D eigenvalue weighted by atomic mass is 10.1. The Bertz CT molecular complexity index is 735. The van der Waals surface area contributed by atoms with Crippen molar-refractivity contribution in [3.63, 3.8) is 0 Å². The fraction of sp³-hybridized carbons (Fsp3) is 0.0667. The van der Waals surface area contributed by atoms with E-state index in [1.807, 2.05) is 24.3 Å². The minimum absolute atomic E-state index is 0.470. The minimum Gasteiger partial charge on any atom is -0.495 e. The van der Waals surface area contributed by atoms with Crippen LogP contribution in [0.25, 0.3) is 20.5 Å². The highest BCUT2D eigenvalue weighted by Gasteiger charge is 2.14. The Hall–Kier alpha value is -1.22. The van der Waals surface area contributed by atoms with Crippen LogP contribution in [0.4, 0.5) is 0 Å². The molecule has 0 bridgehead atoms. The van der Waals surface area contributed by atoms with Gasteiger partial charge in [-0.1, -0.05) is 53.5 Å². The van der Waals surface area contributed by atoms with Gasteiger partial charge in [-0.15, -0.1) is 11.3 Å². The summed E-state index contributed by atoms with van der Waals surface area (Å²) in [5.41, 5.74) is 1.18. The van der Waals surface area contributed by atoms with Crippen LogP contribution >= 0.6 is 34.5 Å². The first-order chi connectivity index (χ1) is 9.20. The van der Waals surface area contributed by atoms with E-state index in [0.29, 0.717) is 15.8 Å². The second-order valence-corrected chi connectivity index (χ2v) is 5.91. The second-order valence-electron chi connectivity index (χ2n) is 4.10. The van der Waals surface area contributed by atoms with Crippen LogP contribution in [0.1, 0.15) is 0 Å². The van der Waals surface area contributed by atoms with E-state index < -0.39 is 0 Å². The first kappa shape index (κ1) is 12.8. The molecule has 3 rings (SSSR count). The van der Waals surface area contributed by atoms with Gasteiger partial charge in [-0.2, -0.15) is 0 Å². The number of ether oxygens (including phenoxy) is 1. The summed E-state index contributed by atoms with van der Waals surface area (Å²) in [4.78, 5) is 1.17. The average Bonchev–Trinajstić information content (AvgIpc) is 2.88. The Labute approximate surface area is 125 Å². The summed E-state index contributed by atoms with van der Waals surface area (Å²) in [6.07, 6.45) is 0. The van der Waals surface area contributed by atoms with Crippen molar-refractivity contribution in [3.05, 3.63) is 52.5 Å². The molecule has 1 aromatic heterocycles. The van der Waals surface area contributed by atoms with Gasteiger partial charge in [0, 0.05) is 4.88 Å². The summed E-state index contributed by atoms with van der Waals surface area (Å²) in [6, 6.07) is 14.2. The van der Waals surface area contributed by atoms with E-state index in [0.717, 1.165) is 10.1 Å². The number of fused-ring (bicyclic) bond motifs is 1. The maximum Gasteiger partial charge on any atom is 0.139 e. The normalized spacial score (nSPS) is 10.9. The maximum atomic E-state index is 6.31. The Morgan fingerprint density at radius 3 is 2.42 bits per heavy atom. The van der Waals surface area contributed by atoms with Crippen molar-refractivity contribution in [2.24, 2.45) is 0 Å². The van der Waals surface area contributed by atoms with Crippen molar-refractivity contribution in [1.82, 2.24) is 0 Å². The van der Waals surface area contributed by atoms with Gasteiger partial charge in [-0.25, -0.2) is 0 Å². The van der Waals surface area contributed by atoms with Gasteiger partial charge in [0.2, 0.25) is 0 Å². The predicted molar refractivity (Wildman–Crippen MR) is 83.8 cm³/mol. The Balaban J connectivity index is 2.24. The van der Waals surface area contributed by atoms with Gasteiger partial charge in [0.05, 0.1) is 16.8 Å². The number of hydrogen-bond acceptors (Lipinski definition) is 2. The lowest BCUT2D eigenvalue weighted by Crippen LogP contribution is -1.84. The molecule has 1 nitrogen and oxygen atoms in total. The number of methoxy groups -OCH3 is 1. The van der Waals surface area contributed by atoms with Crippen LogP contribution in [0.2, 0.25) is 10.0 Å².